The third-order valence-electron chi connectivity index (χ3n) is 3.95. The first-order chi connectivity index (χ1) is 10.9. The standard InChI is InChI=1S/C15H23N3O4S/c1-17-7-9-18(10-8-17)23(20,21)11-6-16-15(19)13-4-3-5-14(12-13)22-2/h3-5,12H,6-11H2,1-2H3,(H,16,19)/p+1. The van der Waals surface area contributed by atoms with Crippen molar-refractivity contribution in [3.05, 3.63) is 29.8 Å². The number of methoxy groups -OCH3 is 1. The van der Waals surface area contributed by atoms with Crippen molar-refractivity contribution in [1.29, 1.82) is 0 Å². The van der Waals surface area contributed by atoms with E-state index in [9.17, 15) is 13.2 Å². The van der Waals surface area contributed by atoms with Crippen LogP contribution in [0.15, 0.2) is 24.3 Å². The van der Waals surface area contributed by atoms with Gasteiger partial charge in [-0.3, -0.25) is 4.79 Å². The van der Waals surface area contributed by atoms with Crippen molar-refractivity contribution in [3.63, 3.8) is 0 Å². The molecule has 8 heteroatoms. The van der Waals surface area contributed by atoms with Gasteiger partial charge >= 0.3 is 0 Å². The van der Waals surface area contributed by atoms with E-state index in [4.69, 9.17) is 4.74 Å². The SMILES string of the molecule is COc1cccc(C(=O)NCCS(=O)(=O)N2CC[NH+](C)CC2)c1. The van der Waals surface area contributed by atoms with Crippen molar-refractivity contribution >= 4 is 15.9 Å². The van der Waals surface area contributed by atoms with E-state index < -0.39 is 10.0 Å². The number of rotatable bonds is 6. The molecule has 0 unspecified atom stereocenters. The summed E-state index contributed by atoms with van der Waals surface area (Å²) in [7, 11) is 0.266. The summed E-state index contributed by atoms with van der Waals surface area (Å²) in [5.74, 6) is 0.203. The highest BCUT2D eigenvalue weighted by atomic mass is 32.2. The maximum atomic E-state index is 12.3. The first kappa shape index (κ1) is 17.7. The van der Waals surface area contributed by atoms with Gasteiger partial charge in [-0.15, -0.1) is 0 Å². The monoisotopic (exact) mass is 342 g/mol. The number of nitrogens with one attached hydrogen (secondary N) is 2. The highest BCUT2D eigenvalue weighted by molar-refractivity contribution is 7.89. The minimum Gasteiger partial charge on any atom is -0.497 e. The van der Waals surface area contributed by atoms with Crippen LogP contribution in [0.3, 0.4) is 0 Å². The van der Waals surface area contributed by atoms with Crippen LogP contribution in [0.1, 0.15) is 10.4 Å². The molecule has 1 heterocycles. The molecule has 0 aliphatic carbocycles. The number of quaternary nitrogens is 1. The van der Waals surface area contributed by atoms with E-state index >= 15 is 0 Å². The number of nitrogens with zero attached hydrogens (tertiary/aromatic N) is 1. The Morgan fingerprint density at radius 1 is 1.35 bits per heavy atom. The Labute approximate surface area is 137 Å². The molecule has 1 aromatic rings. The minimum atomic E-state index is -3.32. The van der Waals surface area contributed by atoms with Gasteiger partial charge in [0.05, 0.1) is 46.1 Å². The van der Waals surface area contributed by atoms with Gasteiger partial charge in [-0.05, 0) is 18.2 Å². The first-order valence-electron chi connectivity index (χ1n) is 7.64. The van der Waals surface area contributed by atoms with E-state index in [0.29, 0.717) is 24.4 Å². The van der Waals surface area contributed by atoms with Crippen molar-refractivity contribution in [2.24, 2.45) is 0 Å². The number of ether oxygens (including phenoxy) is 1. The molecule has 2 N–H and O–H groups in total. The lowest BCUT2D eigenvalue weighted by Gasteiger charge is -2.29. The third kappa shape index (κ3) is 4.92. The average Bonchev–Trinajstić information content (AvgIpc) is 2.55. The van der Waals surface area contributed by atoms with Crippen molar-refractivity contribution in [2.75, 3.05) is 52.6 Å². The molecule has 0 saturated carbocycles. The lowest BCUT2D eigenvalue weighted by Crippen LogP contribution is -3.12. The summed E-state index contributed by atoms with van der Waals surface area (Å²) in [6, 6.07) is 6.75. The van der Waals surface area contributed by atoms with Gasteiger partial charge in [0.2, 0.25) is 10.0 Å². The molecule has 0 bridgehead atoms. The normalized spacial score (nSPS) is 17.0. The van der Waals surface area contributed by atoms with Gasteiger partial charge in [0.15, 0.2) is 0 Å². The second-order valence-electron chi connectivity index (χ2n) is 5.66. The van der Waals surface area contributed by atoms with Crippen LogP contribution in [0.5, 0.6) is 5.75 Å². The van der Waals surface area contributed by atoms with E-state index in [-0.39, 0.29) is 18.2 Å². The number of carbonyl (C=O) groups is 1. The summed E-state index contributed by atoms with van der Waals surface area (Å²) in [4.78, 5) is 13.4. The molecule has 1 aliphatic heterocycles. The Morgan fingerprint density at radius 3 is 2.70 bits per heavy atom. The van der Waals surface area contributed by atoms with Crippen LogP contribution in [0.2, 0.25) is 0 Å². The lowest BCUT2D eigenvalue weighted by molar-refractivity contribution is -0.883. The van der Waals surface area contributed by atoms with Gasteiger partial charge in [0, 0.05) is 12.1 Å². The summed E-state index contributed by atoms with van der Waals surface area (Å²) in [5.41, 5.74) is 0.449. The average molecular weight is 342 g/mol. The molecule has 1 saturated heterocycles. The van der Waals surface area contributed by atoms with E-state index in [1.165, 1.54) is 16.3 Å². The summed E-state index contributed by atoms with van der Waals surface area (Å²) >= 11 is 0. The Balaban J connectivity index is 1.84. The van der Waals surface area contributed by atoms with Crippen molar-refractivity contribution < 1.29 is 22.8 Å². The molecule has 7 nitrogen and oxygen atoms in total. The molecule has 1 aromatic carbocycles. The van der Waals surface area contributed by atoms with Crippen LogP contribution < -0.4 is 15.0 Å². The molecule has 0 radical (unpaired) electrons. The summed E-state index contributed by atoms with van der Waals surface area (Å²) in [6.45, 7) is 2.80. The van der Waals surface area contributed by atoms with Gasteiger partial charge in [0.1, 0.15) is 5.75 Å². The molecule has 1 amide bonds. The highest BCUT2D eigenvalue weighted by Crippen LogP contribution is 2.12. The number of hydrogen-bond donors (Lipinski definition) is 2. The zero-order valence-corrected chi connectivity index (χ0v) is 14.4. The van der Waals surface area contributed by atoms with Crippen LogP contribution in [0, 0.1) is 0 Å². The van der Waals surface area contributed by atoms with Crippen LogP contribution in [0.25, 0.3) is 0 Å². The predicted octanol–water partition coefficient (Wildman–Crippen LogP) is -1.41. The fourth-order valence-corrected chi connectivity index (χ4v) is 3.79. The molecule has 23 heavy (non-hydrogen) atoms. The van der Waals surface area contributed by atoms with Crippen molar-refractivity contribution in [3.8, 4) is 5.75 Å². The molecule has 128 valence electrons. The minimum absolute atomic E-state index is 0.0816. The van der Waals surface area contributed by atoms with Crippen LogP contribution in [-0.4, -0.2) is 71.3 Å². The lowest BCUT2D eigenvalue weighted by atomic mass is 10.2. The quantitative estimate of drug-likeness (QED) is 0.665. The molecule has 1 aliphatic rings. The Hall–Kier alpha value is -1.64. The highest BCUT2D eigenvalue weighted by Gasteiger charge is 2.27. The second-order valence-corrected chi connectivity index (χ2v) is 7.75. The number of carbonyl (C=O) groups excluding carboxylic acids is 1. The smallest absolute Gasteiger partial charge is 0.251 e. The largest absolute Gasteiger partial charge is 0.497 e. The summed E-state index contributed by atoms with van der Waals surface area (Å²) in [6.07, 6.45) is 0. The zero-order chi connectivity index (χ0) is 16.9. The molecular weight excluding hydrogens is 318 g/mol. The number of sulfonamides is 1. The Bertz CT molecular complexity index is 640. The maximum absolute atomic E-state index is 12.3. The molecule has 0 spiro atoms. The number of benzene rings is 1. The van der Waals surface area contributed by atoms with Gasteiger partial charge in [-0.2, -0.15) is 4.31 Å². The van der Waals surface area contributed by atoms with E-state index in [2.05, 4.69) is 12.4 Å². The topological polar surface area (TPSA) is 80.1 Å². The van der Waals surface area contributed by atoms with Crippen molar-refractivity contribution in [2.45, 2.75) is 0 Å². The van der Waals surface area contributed by atoms with Gasteiger partial charge in [-0.25, -0.2) is 8.42 Å². The number of likely N-dealkylation sites (N-methyl/N-ethyl adjacent to an activating group) is 1. The van der Waals surface area contributed by atoms with E-state index in [0.717, 1.165) is 13.1 Å². The number of piperazine rings is 1. The second kappa shape index (κ2) is 7.76. The van der Waals surface area contributed by atoms with Gasteiger partial charge in [0.25, 0.3) is 5.91 Å². The van der Waals surface area contributed by atoms with Gasteiger partial charge in [-0.1, -0.05) is 6.07 Å². The third-order valence-corrected chi connectivity index (χ3v) is 5.82. The molecule has 0 atom stereocenters. The number of amides is 1. The van der Waals surface area contributed by atoms with E-state index in [1.54, 1.807) is 24.3 Å². The molecule has 2 rings (SSSR count). The summed E-state index contributed by atoms with van der Waals surface area (Å²) < 4.78 is 31.1. The van der Waals surface area contributed by atoms with Crippen LogP contribution in [0.4, 0.5) is 0 Å². The van der Waals surface area contributed by atoms with Crippen LogP contribution >= 0.6 is 0 Å². The number of hydrogen-bond acceptors (Lipinski definition) is 4. The predicted molar refractivity (Wildman–Crippen MR) is 87.3 cm³/mol. The Kier molecular flexibility index (Phi) is 5.97. The van der Waals surface area contributed by atoms with Crippen molar-refractivity contribution in [1.82, 2.24) is 9.62 Å². The first-order valence-corrected chi connectivity index (χ1v) is 9.24. The molecule has 1 fully saturated rings. The van der Waals surface area contributed by atoms with Gasteiger partial charge < -0.3 is 15.0 Å². The molecule has 0 aromatic heterocycles. The van der Waals surface area contributed by atoms with Crippen LogP contribution in [-0.2, 0) is 10.0 Å². The maximum Gasteiger partial charge on any atom is 0.251 e. The molecular formula is C15H24N3O4S+. The van der Waals surface area contributed by atoms with E-state index in [1.807, 2.05) is 0 Å². The zero-order valence-electron chi connectivity index (χ0n) is 13.5. The Morgan fingerprint density at radius 2 is 2.04 bits per heavy atom. The fourth-order valence-electron chi connectivity index (χ4n) is 2.44. The fraction of sp³-hybridized carbons (Fsp3) is 0.533. The summed E-state index contributed by atoms with van der Waals surface area (Å²) in [5, 5.41) is 2.65.